The number of benzene rings is 4. The number of thiazole rings is 1. The summed E-state index contributed by atoms with van der Waals surface area (Å²) in [6.45, 7) is 2.08. The molecule has 0 saturated heterocycles. The minimum atomic E-state index is -0.748. The third-order valence-electron chi connectivity index (χ3n) is 7.27. The molecule has 1 N–H and O–H groups in total. The Morgan fingerprint density at radius 1 is 0.978 bits per heavy atom. The number of allylic oxidation sites excluding steroid dienone is 1. The van der Waals surface area contributed by atoms with Gasteiger partial charge in [-0.1, -0.05) is 77.0 Å². The number of ether oxygens (including phenoxy) is 2. The lowest BCUT2D eigenvalue weighted by molar-refractivity contribution is -0.113. The van der Waals surface area contributed by atoms with Crippen LogP contribution in [0.3, 0.4) is 0 Å². The second-order valence-corrected chi connectivity index (χ2v) is 12.2. The number of nitrogens with one attached hydrogen (secondary N) is 1. The number of halogens is 2. The molecule has 4 aromatic carbocycles. The maximum absolute atomic E-state index is 14.2. The van der Waals surface area contributed by atoms with Crippen molar-refractivity contribution < 1.29 is 14.3 Å². The summed E-state index contributed by atoms with van der Waals surface area (Å²) in [7, 11) is 1.58. The number of aromatic nitrogens is 1. The maximum Gasteiger partial charge on any atom is 0.271 e. The number of methoxy groups -OCH3 is 1. The van der Waals surface area contributed by atoms with Crippen molar-refractivity contribution in [1.29, 1.82) is 0 Å². The summed E-state index contributed by atoms with van der Waals surface area (Å²) < 4.78 is 13.6. The summed E-state index contributed by atoms with van der Waals surface area (Å²) in [5.74, 6) is 0.814. The monoisotopic (exact) mass is 655 g/mol. The number of hydrogen-bond donors (Lipinski definition) is 1. The van der Waals surface area contributed by atoms with Crippen LogP contribution in [0.15, 0.2) is 118 Å². The van der Waals surface area contributed by atoms with Gasteiger partial charge in [0, 0.05) is 21.3 Å². The van der Waals surface area contributed by atoms with Crippen molar-refractivity contribution in [1.82, 2.24) is 4.57 Å². The van der Waals surface area contributed by atoms with Gasteiger partial charge in [-0.05, 0) is 78.7 Å². The quantitative estimate of drug-likeness (QED) is 0.200. The second kappa shape index (κ2) is 13.2. The van der Waals surface area contributed by atoms with Crippen molar-refractivity contribution in [3.8, 4) is 11.5 Å². The zero-order chi connectivity index (χ0) is 31.5. The molecule has 1 amide bonds. The molecule has 1 aromatic heterocycles. The Labute approximate surface area is 273 Å². The Morgan fingerprint density at radius 2 is 1.73 bits per heavy atom. The van der Waals surface area contributed by atoms with E-state index >= 15 is 0 Å². The molecular weight excluding hydrogens is 629 g/mol. The number of amides is 1. The first-order valence-corrected chi connectivity index (χ1v) is 15.6. The molecule has 0 aliphatic carbocycles. The average molecular weight is 657 g/mol. The molecule has 0 bridgehead atoms. The lowest BCUT2D eigenvalue weighted by Crippen LogP contribution is -2.40. The van der Waals surface area contributed by atoms with Gasteiger partial charge in [0.15, 0.2) is 4.80 Å². The number of fused-ring (bicyclic) bond motifs is 1. The van der Waals surface area contributed by atoms with Gasteiger partial charge in [0.1, 0.15) is 18.1 Å². The van der Waals surface area contributed by atoms with Crippen LogP contribution in [0.25, 0.3) is 6.08 Å². The number of para-hydroxylation sites is 1. The normalized spacial score (nSPS) is 14.5. The van der Waals surface area contributed by atoms with Crippen LogP contribution < -0.4 is 29.7 Å². The minimum absolute atomic E-state index is 0.298. The molecule has 226 valence electrons. The van der Waals surface area contributed by atoms with Crippen LogP contribution in [0.2, 0.25) is 10.0 Å². The average Bonchev–Trinajstić information content (AvgIpc) is 3.34. The minimum Gasteiger partial charge on any atom is -0.497 e. The summed E-state index contributed by atoms with van der Waals surface area (Å²) in [4.78, 5) is 33.2. The Kier molecular flexibility index (Phi) is 8.89. The zero-order valence-corrected chi connectivity index (χ0v) is 26.6. The lowest BCUT2D eigenvalue weighted by Gasteiger charge is -2.25. The van der Waals surface area contributed by atoms with Gasteiger partial charge in [-0.15, -0.1) is 0 Å². The van der Waals surface area contributed by atoms with Crippen LogP contribution in [0.5, 0.6) is 11.5 Å². The summed E-state index contributed by atoms with van der Waals surface area (Å²) in [6.07, 6.45) is 1.75. The largest absolute Gasteiger partial charge is 0.497 e. The Balaban J connectivity index is 1.45. The SMILES string of the molecule is COc1cccc([C@H]2C(C(=O)Nc3ccccc3)=C(C)N=c3s/c(=C\c4cc(Cl)ccc4OCc4ccc(Cl)cc4)c(=O)n32)c1. The van der Waals surface area contributed by atoms with E-state index in [1.165, 1.54) is 11.3 Å². The standard InChI is InChI=1S/C35H27Cl2N3O4S/c1-21-31(33(41)39-27-8-4-3-5-9-27)32(23-7-6-10-28(18-23)43-2)40-34(42)30(45-35(40)38-21)19-24-17-26(37)15-16-29(24)44-20-22-11-13-25(36)14-12-22/h3-19,32H,20H2,1-2H3,(H,39,41)/b30-19-/t32-/m0/s1. The first-order valence-electron chi connectivity index (χ1n) is 14.0. The van der Waals surface area contributed by atoms with Crippen LogP contribution in [0.1, 0.15) is 29.7 Å². The van der Waals surface area contributed by atoms with Crippen molar-refractivity contribution in [3.05, 3.63) is 155 Å². The van der Waals surface area contributed by atoms with Gasteiger partial charge >= 0.3 is 0 Å². The third-order valence-corrected chi connectivity index (χ3v) is 8.74. The molecule has 10 heteroatoms. The molecule has 1 atom stereocenters. The fourth-order valence-electron chi connectivity index (χ4n) is 5.11. The van der Waals surface area contributed by atoms with E-state index in [0.717, 1.165) is 5.56 Å². The first-order chi connectivity index (χ1) is 21.8. The number of nitrogens with zero attached hydrogens (tertiary/aromatic N) is 2. The van der Waals surface area contributed by atoms with Gasteiger partial charge in [0.25, 0.3) is 11.5 Å². The number of anilines is 1. The molecule has 0 radical (unpaired) electrons. The van der Waals surface area contributed by atoms with Gasteiger partial charge in [-0.3, -0.25) is 14.2 Å². The topological polar surface area (TPSA) is 81.9 Å². The highest BCUT2D eigenvalue weighted by Gasteiger charge is 2.32. The molecule has 1 aliphatic heterocycles. The lowest BCUT2D eigenvalue weighted by atomic mass is 9.95. The van der Waals surface area contributed by atoms with E-state index in [0.29, 0.717) is 65.6 Å². The Bertz CT molecular complexity index is 2110. The molecule has 0 fully saturated rings. The van der Waals surface area contributed by atoms with Crippen molar-refractivity contribution in [2.75, 3.05) is 12.4 Å². The summed E-state index contributed by atoms with van der Waals surface area (Å²) in [5, 5.41) is 4.11. The second-order valence-electron chi connectivity index (χ2n) is 10.3. The van der Waals surface area contributed by atoms with E-state index in [4.69, 9.17) is 37.7 Å². The molecule has 0 unspecified atom stereocenters. The fourth-order valence-corrected chi connectivity index (χ4v) is 6.45. The predicted molar refractivity (Wildman–Crippen MR) is 179 cm³/mol. The maximum atomic E-state index is 14.2. The molecule has 0 saturated carbocycles. The number of carbonyl (C=O) groups is 1. The number of hydrogen-bond acceptors (Lipinski definition) is 6. The van der Waals surface area contributed by atoms with E-state index in [2.05, 4.69) is 5.32 Å². The van der Waals surface area contributed by atoms with Crippen molar-refractivity contribution in [2.45, 2.75) is 19.6 Å². The highest BCUT2D eigenvalue weighted by Crippen LogP contribution is 2.32. The van der Waals surface area contributed by atoms with Crippen LogP contribution in [-0.4, -0.2) is 17.6 Å². The molecule has 45 heavy (non-hydrogen) atoms. The van der Waals surface area contributed by atoms with E-state index < -0.39 is 6.04 Å². The van der Waals surface area contributed by atoms with Crippen LogP contribution in [0, 0.1) is 0 Å². The summed E-state index contributed by atoms with van der Waals surface area (Å²) in [5.41, 5.74) is 3.50. The number of rotatable bonds is 8. The van der Waals surface area contributed by atoms with Gasteiger partial charge in [0.2, 0.25) is 0 Å². The van der Waals surface area contributed by atoms with E-state index in [9.17, 15) is 9.59 Å². The highest BCUT2D eigenvalue weighted by molar-refractivity contribution is 7.07. The van der Waals surface area contributed by atoms with Gasteiger partial charge in [-0.2, -0.15) is 0 Å². The van der Waals surface area contributed by atoms with E-state index in [-0.39, 0.29) is 11.5 Å². The smallest absolute Gasteiger partial charge is 0.271 e. The third kappa shape index (κ3) is 6.59. The van der Waals surface area contributed by atoms with E-state index in [1.807, 2.05) is 54.6 Å². The first kappa shape index (κ1) is 30.4. The van der Waals surface area contributed by atoms with Crippen LogP contribution in [-0.2, 0) is 11.4 Å². The van der Waals surface area contributed by atoms with Crippen molar-refractivity contribution in [2.24, 2.45) is 4.99 Å². The Hall–Kier alpha value is -4.63. The Morgan fingerprint density at radius 3 is 2.49 bits per heavy atom. The predicted octanol–water partition coefficient (Wildman–Crippen LogP) is 6.77. The van der Waals surface area contributed by atoms with Crippen molar-refractivity contribution in [3.63, 3.8) is 0 Å². The van der Waals surface area contributed by atoms with Gasteiger partial charge in [0.05, 0.1) is 29.0 Å². The molecular formula is C35H27Cl2N3O4S. The fraction of sp³-hybridized carbons (Fsp3) is 0.114. The molecule has 1 aliphatic rings. The van der Waals surface area contributed by atoms with Gasteiger partial charge < -0.3 is 14.8 Å². The number of carbonyl (C=O) groups excluding carboxylic acids is 1. The summed E-state index contributed by atoms with van der Waals surface area (Å²) >= 11 is 13.6. The van der Waals surface area contributed by atoms with Crippen LogP contribution in [0.4, 0.5) is 5.69 Å². The zero-order valence-electron chi connectivity index (χ0n) is 24.3. The van der Waals surface area contributed by atoms with Gasteiger partial charge in [-0.25, -0.2) is 4.99 Å². The molecule has 2 heterocycles. The van der Waals surface area contributed by atoms with Crippen molar-refractivity contribution >= 4 is 52.2 Å². The van der Waals surface area contributed by atoms with Crippen LogP contribution >= 0.6 is 34.5 Å². The molecule has 6 rings (SSSR count). The molecule has 7 nitrogen and oxygen atoms in total. The summed E-state index contributed by atoms with van der Waals surface area (Å²) in [6, 6.07) is 28.4. The van der Waals surface area contributed by atoms with E-state index in [1.54, 1.807) is 67.1 Å². The highest BCUT2D eigenvalue weighted by atomic mass is 35.5. The molecule has 5 aromatic rings. The molecule has 0 spiro atoms.